The molecule has 130 valence electrons. The fraction of sp³-hybridized carbons (Fsp3) is 0.917. The summed E-state index contributed by atoms with van der Waals surface area (Å²) in [6, 6.07) is -0.453. The normalized spacial score (nSPS) is 24.3. The number of carbonyl (C=O) groups excluding carboxylic acids is 1. The number of amides is 1. The maximum atomic E-state index is 12.2. The molecule has 10 heteroatoms. The van der Waals surface area contributed by atoms with Crippen LogP contribution in [0, 0.1) is 0 Å². The lowest BCUT2D eigenvalue weighted by atomic mass is 10.2. The van der Waals surface area contributed by atoms with Gasteiger partial charge in [0.15, 0.2) is 11.1 Å². The van der Waals surface area contributed by atoms with Crippen LogP contribution in [-0.4, -0.2) is 67.0 Å². The Kier molecular flexibility index (Phi) is 6.36. The zero-order valence-electron chi connectivity index (χ0n) is 13.4. The quantitative estimate of drug-likeness (QED) is 0.666. The van der Waals surface area contributed by atoms with E-state index in [1.54, 1.807) is 20.8 Å². The average molecular weight is 357 g/mol. The molecule has 0 aromatic rings. The molecule has 1 unspecified atom stereocenters. The molecule has 0 aromatic heterocycles. The second-order valence-electron chi connectivity index (χ2n) is 6.13. The summed E-state index contributed by atoms with van der Waals surface area (Å²) in [4.78, 5) is 13.5. The number of nitrogens with zero attached hydrogens (tertiary/aromatic N) is 1. The van der Waals surface area contributed by atoms with E-state index in [1.165, 1.54) is 11.2 Å². The van der Waals surface area contributed by atoms with Gasteiger partial charge < -0.3 is 9.64 Å². The van der Waals surface area contributed by atoms with Gasteiger partial charge in [0.1, 0.15) is 5.60 Å². The second-order valence-corrected chi connectivity index (χ2v) is 8.77. The zero-order valence-corrected chi connectivity index (χ0v) is 15.0. The summed E-state index contributed by atoms with van der Waals surface area (Å²) in [6.07, 6.45) is 1.35. The van der Waals surface area contributed by atoms with Crippen molar-refractivity contribution in [1.29, 1.82) is 0 Å². The van der Waals surface area contributed by atoms with Gasteiger partial charge in [0.05, 0.1) is 31.6 Å². The molecule has 1 rings (SSSR count). The first-order valence-electron chi connectivity index (χ1n) is 6.72. The Balaban J connectivity index is 2.79. The lowest BCUT2D eigenvalue weighted by molar-refractivity contribution is 0.0181. The zero-order chi connectivity index (χ0) is 17.1. The van der Waals surface area contributed by atoms with E-state index in [2.05, 4.69) is 0 Å². The summed E-state index contributed by atoms with van der Waals surface area (Å²) >= 11 is -1.48. The smallest absolute Gasteiger partial charge is 0.410 e. The van der Waals surface area contributed by atoms with E-state index >= 15 is 0 Å². The minimum atomic E-state index is -3.63. The Bertz CT molecular complexity index is 526. The molecule has 0 aliphatic carbocycles. The molecule has 0 N–H and O–H groups in total. The van der Waals surface area contributed by atoms with Crippen molar-refractivity contribution < 1.29 is 30.5 Å². The molecule has 1 aliphatic rings. The highest BCUT2D eigenvalue weighted by Gasteiger charge is 2.39. The predicted octanol–water partition coefficient (Wildman–Crippen LogP) is 0.651. The van der Waals surface area contributed by atoms with E-state index < -0.39 is 45.0 Å². The summed E-state index contributed by atoms with van der Waals surface area (Å²) in [7, 11) is -3.63. The van der Waals surface area contributed by atoms with Gasteiger partial charge in [-0.1, -0.05) is 0 Å². The first-order chi connectivity index (χ1) is 9.87. The summed E-state index contributed by atoms with van der Waals surface area (Å²) in [5, 5.41) is 0. The number of rotatable bonds is 5. The maximum Gasteiger partial charge on any atom is 0.410 e. The molecule has 22 heavy (non-hydrogen) atoms. The lowest BCUT2D eigenvalue weighted by Crippen LogP contribution is -2.42. The number of ether oxygens (including phenoxy) is 1. The van der Waals surface area contributed by atoms with Crippen molar-refractivity contribution in [2.45, 2.75) is 44.9 Å². The van der Waals surface area contributed by atoms with E-state index in [9.17, 15) is 17.4 Å². The first kappa shape index (κ1) is 19.3. The Labute approximate surface area is 133 Å². The minimum Gasteiger partial charge on any atom is -0.444 e. The van der Waals surface area contributed by atoms with E-state index in [0.29, 0.717) is 0 Å². The summed E-state index contributed by atoms with van der Waals surface area (Å²) < 4.78 is 48.8. The molecule has 1 aliphatic heterocycles. The summed E-state index contributed by atoms with van der Waals surface area (Å²) in [5.41, 5.74) is -0.675. The highest BCUT2D eigenvalue weighted by atomic mass is 32.2. The van der Waals surface area contributed by atoms with Crippen LogP contribution in [0.3, 0.4) is 0 Å². The van der Waals surface area contributed by atoms with Crippen LogP contribution in [-0.2, 0) is 34.3 Å². The third-order valence-corrected chi connectivity index (χ3v) is 3.83. The molecule has 8 nitrogen and oxygen atoms in total. The van der Waals surface area contributed by atoms with Crippen molar-refractivity contribution in [1.82, 2.24) is 4.90 Å². The fourth-order valence-corrected chi connectivity index (χ4v) is 3.05. The van der Waals surface area contributed by atoms with E-state index in [4.69, 9.17) is 13.1 Å². The molecule has 0 radical (unpaired) electrons. The van der Waals surface area contributed by atoms with E-state index in [1.807, 2.05) is 0 Å². The Morgan fingerprint density at radius 2 is 1.95 bits per heavy atom. The summed E-state index contributed by atoms with van der Waals surface area (Å²) in [6.45, 7) is 5.30. The minimum absolute atomic E-state index is 0.0198. The van der Waals surface area contributed by atoms with Crippen LogP contribution in [0.4, 0.5) is 4.79 Å². The molecule has 1 amide bonds. The molecule has 1 fully saturated rings. The average Bonchev–Trinajstić information content (AvgIpc) is 2.64. The fourth-order valence-electron chi connectivity index (χ4n) is 2.07. The maximum absolute atomic E-state index is 12.2. The first-order valence-corrected chi connectivity index (χ1v) is 10.0. The van der Waals surface area contributed by atoms with E-state index in [-0.39, 0.29) is 19.6 Å². The third-order valence-electron chi connectivity index (χ3n) is 2.74. The van der Waals surface area contributed by atoms with Gasteiger partial charge in [-0.2, -0.15) is 8.42 Å². The van der Waals surface area contributed by atoms with E-state index in [0.717, 1.165) is 6.26 Å². The van der Waals surface area contributed by atoms with Crippen LogP contribution >= 0.6 is 0 Å². The predicted molar refractivity (Wildman–Crippen MR) is 81.1 cm³/mol. The van der Waals surface area contributed by atoms with Gasteiger partial charge in [-0.3, -0.25) is 8.37 Å². The molecule has 0 bridgehead atoms. The van der Waals surface area contributed by atoms with Crippen LogP contribution in [0.2, 0.25) is 0 Å². The van der Waals surface area contributed by atoms with Crippen LogP contribution in [0.1, 0.15) is 27.2 Å². The molecule has 3 atom stereocenters. The topological polar surface area (TPSA) is 99.2 Å². The van der Waals surface area contributed by atoms with Crippen molar-refractivity contribution in [3.63, 3.8) is 0 Å². The van der Waals surface area contributed by atoms with Gasteiger partial charge in [-0.25, -0.2) is 9.00 Å². The van der Waals surface area contributed by atoms with Crippen molar-refractivity contribution in [3.05, 3.63) is 0 Å². The molecule has 0 aromatic carbocycles. The largest absolute Gasteiger partial charge is 0.444 e. The van der Waals surface area contributed by atoms with Gasteiger partial charge in [0.2, 0.25) is 0 Å². The highest BCUT2D eigenvalue weighted by molar-refractivity contribution is 7.86. The molecule has 0 spiro atoms. The van der Waals surface area contributed by atoms with Crippen LogP contribution < -0.4 is 0 Å². The van der Waals surface area contributed by atoms with Crippen LogP contribution in [0.25, 0.3) is 0 Å². The Hall–Kier alpha value is -0.710. The molecule has 1 saturated heterocycles. The number of hydrogen-bond acceptors (Lipinski definition) is 7. The third kappa shape index (κ3) is 7.03. The van der Waals surface area contributed by atoms with Gasteiger partial charge >= 0.3 is 6.09 Å². The SMILES string of the molecule is CS(=O)OC[C@@H]1C[C@@H](OS(C)(=O)=O)CN1C(=O)OC(C)(C)C. The van der Waals surface area contributed by atoms with Crippen LogP contribution in [0.15, 0.2) is 0 Å². The van der Waals surface area contributed by atoms with Gasteiger partial charge in [-0.15, -0.1) is 0 Å². The van der Waals surface area contributed by atoms with Crippen molar-refractivity contribution in [2.24, 2.45) is 0 Å². The van der Waals surface area contributed by atoms with Gasteiger partial charge in [-0.05, 0) is 27.2 Å². The Morgan fingerprint density at radius 1 is 1.36 bits per heavy atom. The van der Waals surface area contributed by atoms with Crippen LogP contribution in [0.5, 0.6) is 0 Å². The number of hydrogen-bond donors (Lipinski definition) is 0. The van der Waals surface area contributed by atoms with Crippen molar-refractivity contribution in [3.8, 4) is 0 Å². The lowest BCUT2D eigenvalue weighted by Gasteiger charge is -2.28. The highest BCUT2D eigenvalue weighted by Crippen LogP contribution is 2.24. The van der Waals surface area contributed by atoms with Crippen molar-refractivity contribution in [2.75, 3.05) is 25.7 Å². The monoisotopic (exact) mass is 357 g/mol. The Morgan fingerprint density at radius 3 is 2.41 bits per heavy atom. The molecular formula is C12H23NO7S2. The van der Waals surface area contributed by atoms with Gasteiger partial charge in [0, 0.05) is 6.26 Å². The van der Waals surface area contributed by atoms with Gasteiger partial charge in [0.25, 0.3) is 10.1 Å². The molecule has 1 heterocycles. The molecular weight excluding hydrogens is 334 g/mol. The number of carbonyl (C=O) groups is 1. The number of likely N-dealkylation sites (tertiary alicyclic amines) is 1. The standard InChI is InChI=1S/C12H23NO7S2/c1-12(2,3)19-11(14)13-7-10(20-22(5,16)17)6-9(13)8-18-21(4)15/h9-10H,6-8H2,1-5H3/t9-,10+,21?/m0/s1. The summed E-state index contributed by atoms with van der Waals surface area (Å²) in [5.74, 6) is 0. The second kappa shape index (κ2) is 7.24. The van der Waals surface area contributed by atoms with Crippen molar-refractivity contribution >= 4 is 27.3 Å². The molecule has 0 saturated carbocycles.